The fraction of sp³-hybridized carbons (Fsp3) is 0.269. The Morgan fingerprint density at radius 2 is 1.66 bits per heavy atom. The molecule has 0 saturated carbocycles. The van der Waals surface area contributed by atoms with Gasteiger partial charge in [0, 0.05) is 18.7 Å². The molecule has 0 aliphatic carbocycles. The largest absolute Gasteiger partial charge is 0.462 e. The summed E-state index contributed by atoms with van der Waals surface area (Å²) in [5.41, 5.74) is 0.619. The molecule has 32 heavy (non-hydrogen) atoms. The molecule has 168 valence electrons. The zero-order chi connectivity index (χ0) is 22.4. The third kappa shape index (κ3) is 8.32. The zero-order valence-corrected chi connectivity index (χ0v) is 18.0. The summed E-state index contributed by atoms with van der Waals surface area (Å²) in [7, 11) is 0. The number of hydrogen-bond donors (Lipinski definition) is 2. The average Bonchev–Trinajstić information content (AvgIpc) is 3.26. The van der Waals surface area contributed by atoms with E-state index in [1.807, 2.05) is 42.5 Å². The zero-order valence-electron chi connectivity index (χ0n) is 18.0. The first-order chi connectivity index (χ1) is 15.7. The lowest BCUT2D eigenvalue weighted by Gasteiger charge is -2.08. The van der Waals surface area contributed by atoms with Crippen LogP contribution in [0.25, 0.3) is 6.08 Å². The van der Waals surface area contributed by atoms with E-state index in [4.69, 9.17) is 19.0 Å². The van der Waals surface area contributed by atoms with Gasteiger partial charge in [0.05, 0.1) is 0 Å². The van der Waals surface area contributed by atoms with Crippen LogP contribution in [-0.2, 0) is 11.2 Å². The lowest BCUT2D eigenvalue weighted by atomic mass is 10.1. The topological polar surface area (TPSA) is 80.9 Å². The van der Waals surface area contributed by atoms with Crippen LogP contribution in [0.3, 0.4) is 0 Å². The van der Waals surface area contributed by atoms with Crippen molar-refractivity contribution < 1.29 is 23.8 Å². The number of nitrogens with one attached hydrogen (secondary N) is 1. The predicted octanol–water partition coefficient (Wildman–Crippen LogP) is 6.43. The number of carbonyl (C=O) groups is 1. The van der Waals surface area contributed by atoms with E-state index in [1.165, 1.54) is 0 Å². The molecule has 0 aliphatic rings. The summed E-state index contributed by atoms with van der Waals surface area (Å²) >= 11 is 0. The van der Waals surface area contributed by atoms with E-state index >= 15 is 0 Å². The smallest absolute Gasteiger partial charge is 0.411 e. The summed E-state index contributed by atoms with van der Waals surface area (Å²) in [5, 5.41) is 11.5. The summed E-state index contributed by atoms with van der Waals surface area (Å²) in [4.78, 5) is 12.0. The highest BCUT2D eigenvalue weighted by Gasteiger charge is 2.04. The van der Waals surface area contributed by atoms with Crippen LogP contribution < -0.4 is 10.1 Å². The Bertz CT molecular complexity index is 963. The minimum Gasteiger partial charge on any atom is -0.462 e. The Morgan fingerprint density at radius 1 is 0.906 bits per heavy atom. The van der Waals surface area contributed by atoms with Gasteiger partial charge in [0.25, 0.3) is 0 Å². The maximum absolute atomic E-state index is 12.0. The van der Waals surface area contributed by atoms with Crippen LogP contribution >= 0.6 is 0 Å². The second-order valence-electron chi connectivity index (χ2n) is 7.26. The number of carbonyl (C=O) groups excluding carboxylic acids is 1. The predicted molar refractivity (Wildman–Crippen MR) is 125 cm³/mol. The summed E-state index contributed by atoms with van der Waals surface area (Å²) in [6.07, 6.45) is 7.89. The standard InChI is InChI=1S/C26H29NO5/c28-19-7-2-1-4-11-23-17-18-24(32-23)12-8-20-30-26(29)27-21-13-15-25(16-14-21)31-22-9-5-3-6-10-22/h3,5-6,8-10,12-18,28H,1-2,4,7,11,19-20H2,(H,27,29). The van der Waals surface area contributed by atoms with Crippen LogP contribution in [-0.4, -0.2) is 24.4 Å². The summed E-state index contributed by atoms with van der Waals surface area (Å²) < 4.78 is 16.6. The highest BCUT2D eigenvalue weighted by atomic mass is 16.5. The molecule has 2 N–H and O–H groups in total. The van der Waals surface area contributed by atoms with Gasteiger partial charge in [-0.05, 0) is 73.5 Å². The summed E-state index contributed by atoms with van der Waals surface area (Å²) in [6, 6.07) is 20.4. The van der Waals surface area contributed by atoms with Crippen molar-refractivity contribution in [3.05, 3.63) is 84.3 Å². The third-order valence-corrected chi connectivity index (χ3v) is 4.69. The van der Waals surface area contributed by atoms with Crippen molar-refractivity contribution in [3.8, 4) is 11.5 Å². The molecule has 1 aromatic heterocycles. The van der Waals surface area contributed by atoms with Gasteiger partial charge in [-0.2, -0.15) is 0 Å². The molecule has 3 aromatic rings. The van der Waals surface area contributed by atoms with Gasteiger partial charge in [-0.25, -0.2) is 4.79 Å². The molecule has 6 heteroatoms. The molecule has 2 aromatic carbocycles. The van der Waals surface area contributed by atoms with Crippen LogP contribution in [0.2, 0.25) is 0 Å². The molecule has 0 spiro atoms. The Morgan fingerprint density at radius 3 is 2.44 bits per heavy atom. The van der Waals surface area contributed by atoms with Crippen molar-refractivity contribution >= 4 is 17.9 Å². The minimum atomic E-state index is -0.533. The SMILES string of the molecule is O=C(Nc1ccc(Oc2ccccc2)cc1)OCC=Cc1ccc(CCCCCCO)o1. The van der Waals surface area contributed by atoms with Crippen molar-refractivity contribution in [2.24, 2.45) is 0 Å². The first kappa shape index (κ1) is 23.2. The Hall–Kier alpha value is -3.51. The molecular weight excluding hydrogens is 406 g/mol. The molecule has 3 rings (SSSR count). The van der Waals surface area contributed by atoms with Gasteiger partial charge in [-0.1, -0.05) is 31.0 Å². The minimum absolute atomic E-state index is 0.137. The van der Waals surface area contributed by atoms with Crippen LogP contribution in [0, 0.1) is 0 Å². The van der Waals surface area contributed by atoms with E-state index in [0.717, 1.165) is 49.4 Å². The van der Waals surface area contributed by atoms with E-state index in [2.05, 4.69) is 5.32 Å². The molecule has 0 aliphatic heterocycles. The molecule has 0 radical (unpaired) electrons. The number of para-hydroxylation sites is 1. The van der Waals surface area contributed by atoms with Gasteiger partial charge in [0.15, 0.2) is 0 Å². The number of ether oxygens (including phenoxy) is 2. The normalized spacial score (nSPS) is 10.9. The molecule has 0 saturated heterocycles. The highest BCUT2D eigenvalue weighted by Crippen LogP contribution is 2.22. The monoisotopic (exact) mass is 435 g/mol. The van der Waals surface area contributed by atoms with Gasteiger partial charge in [-0.15, -0.1) is 0 Å². The van der Waals surface area contributed by atoms with E-state index in [9.17, 15) is 4.79 Å². The number of unbranched alkanes of at least 4 members (excludes halogenated alkanes) is 3. The van der Waals surface area contributed by atoms with E-state index in [-0.39, 0.29) is 13.2 Å². The molecular formula is C26H29NO5. The van der Waals surface area contributed by atoms with Crippen molar-refractivity contribution in [2.45, 2.75) is 32.1 Å². The highest BCUT2D eigenvalue weighted by molar-refractivity contribution is 5.84. The number of aryl methyl sites for hydroxylation is 1. The lowest BCUT2D eigenvalue weighted by Crippen LogP contribution is -2.13. The van der Waals surface area contributed by atoms with Gasteiger partial charge in [-0.3, -0.25) is 5.32 Å². The summed E-state index contributed by atoms with van der Waals surface area (Å²) in [5.74, 6) is 3.10. The van der Waals surface area contributed by atoms with Gasteiger partial charge >= 0.3 is 6.09 Å². The maximum atomic E-state index is 12.0. The second-order valence-corrected chi connectivity index (χ2v) is 7.26. The van der Waals surface area contributed by atoms with Crippen LogP contribution in [0.5, 0.6) is 11.5 Å². The Balaban J connectivity index is 1.35. The van der Waals surface area contributed by atoms with E-state index in [1.54, 1.807) is 36.4 Å². The number of hydrogen-bond acceptors (Lipinski definition) is 5. The fourth-order valence-electron chi connectivity index (χ4n) is 3.06. The maximum Gasteiger partial charge on any atom is 0.411 e. The van der Waals surface area contributed by atoms with Crippen molar-refractivity contribution in [1.29, 1.82) is 0 Å². The molecule has 0 bridgehead atoms. The fourth-order valence-corrected chi connectivity index (χ4v) is 3.06. The molecule has 0 atom stereocenters. The lowest BCUT2D eigenvalue weighted by molar-refractivity contribution is 0.174. The van der Waals surface area contributed by atoms with Gasteiger partial charge in [0.2, 0.25) is 0 Å². The Labute approximate surface area is 188 Å². The number of aliphatic hydroxyl groups is 1. The number of amides is 1. The summed E-state index contributed by atoms with van der Waals surface area (Å²) in [6.45, 7) is 0.393. The number of furan rings is 1. The van der Waals surface area contributed by atoms with E-state index < -0.39 is 6.09 Å². The number of benzene rings is 2. The van der Waals surface area contributed by atoms with Gasteiger partial charge in [0.1, 0.15) is 29.6 Å². The van der Waals surface area contributed by atoms with Crippen LogP contribution in [0.15, 0.2) is 77.2 Å². The number of aliphatic hydroxyl groups excluding tert-OH is 1. The second kappa shape index (κ2) is 13.0. The van der Waals surface area contributed by atoms with Crippen LogP contribution in [0.4, 0.5) is 10.5 Å². The first-order valence-corrected chi connectivity index (χ1v) is 10.9. The average molecular weight is 436 g/mol. The van der Waals surface area contributed by atoms with Crippen molar-refractivity contribution in [1.82, 2.24) is 0 Å². The quantitative estimate of drug-likeness (QED) is 0.320. The molecule has 1 heterocycles. The molecule has 0 fully saturated rings. The number of anilines is 1. The first-order valence-electron chi connectivity index (χ1n) is 10.9. The van der Waals surface area contributed by atoms with Gasteiger partial charge < -0.3 is 19.0 Å². The van der Waals surface area contributed by atoms with E-state index in [0.29, 0.717) is 11.4 Å². The van der Waals surface area contributed by atoms with Crippen molar-refractivity contribution in [2.75, 3.05) is 18.5 Å². The molecule has 0 unspecified atom stereocenters. The molecule has 6 nitrogen and oxygen atoms in total. The number of rotatable bonds is 12. The molecule has 1 amide bonds. The Kier molecular flexibility index (Phi) is 9.42. The van der Waals surface area contributed by atoms with Crippen molar-refractivity contribution in [3.63, 3.8) is 0 Å². The third-order valence-electron chi connectivity index (χ3n) is 4.69. The van der Waals surface area contributed by atoms with Crippen LogP contribution in [0.1, 0.15) is 37.2 Å².